The minimum absolute atomic E-state index is 0.000901. The molecule has 0 fully saturated rings. The summed E-state index contributed by atoms with van der Waals surface area (Å²) < 4.78 is 0. The fourth-order valence-electron chi connectivity index (χ4n) is 1.49. The van der Waals surface area contributed by atoms with Crippen LogP contribution in [-0.4, -0.2) is 5.78 Å². The van der Waals surface area contributed by atoms with Gasteiger partial charge in [0.1, 0.15) is 0 Å². The Bertz CT molecular complexity index is 359. The molecule has 0 aliphatic heterocycles. The van der Waals surface area contributed by atoms with E-state index in [2.05, 4.69) is 0 Å². The number of benzene rings is 1. The van der Waals surface area contributed by atoms with E-state index in [-0.39, 0.29) is 11.7 Å². The monoisotopic (exact) mass is 206 g/mol. The molecule has 0 aliphatic carbocycles. The maximum absolute atomic E-state index is 11.8. The highest BCUT2D eigenvalue weighted by Gasteiger charge is 2.14. The highest BCUT2D eigenvalue weighted by molar-refractivity contribution is 5.98. The Kier molecular flexibility index (Phi) is 4.00. The van der Waals surface area contributed by atoms with Crippen molar-refractivity contribution in [3.8, 4) is 0 Å². The van der Waals surface area contributed by atoms with E-state index >= 15 is 0 Å². The van der Waals surface area contributed by atoms with Crippen LogP contribution in [0.4, 0.5) is 0 Å². The van der Waals surface area contributed by atoms with Crippen LogP contribution in [0.25, 0.3) is 0 Å². The van der Waals surface area contributed by atoms with Crippen molar-refractivity contribution in [3.05, 3.63) is 34.9 Å². The first-order chi connectivity index (χ1) is 7.10. The van der Waals surface area contributed by atoms with Crippen LogP contribution in [0.1, 0.15) is 35.3 Å². The molecule has 0 amide bonds. The van der Waals surface area contributed by atoms with Gasteiger partial charge in [-0.2, -0.15) is 0 Å². The van der Waals surface area contributed by atoms with Gasteiger partial charge in [-0.25, -0.2) is 0 Å². The second-order valence-corrected chi connectivity index (χ2v) is 3.92. The van der Waals surface area contributed by atoms with Crippen molar-refractivity contribution in [3.63, 3.8) is 0 Å². The summed E-state index contributed by atoms with van der Waals surface area (Å²) in [7, 11) is 0. The van der Waals surface area contributed by atoms with E-state index in [4.69, 9.17) is 11.5 Å². The predicted octanol–water partition coefficient (Wildman–Crippen LogP) is 1.44. The molecule has 1 aromatic rings. The maximum atomic E-state index is 11.8. The minimum atomic E-state index is -0.000901. The van der Waals surface area contributed by atoms with Gasteiger partial charge < -0.3 is 11.5 Å². The molecular weight excluding hydrogens is 188 g/mol. The Morgan fingerprint density at radius 2 is 1.93 bits per heavy atom. The molecule has 1 aromatic carbocycles. The molecule has 0 radical (unpaired) electrons. The molecule has 0 aromatic heterocycles. The second kappa shape index (κ2) is 5.05. The number of nitrogens with two attached hydrogens (primary N) is 2. The zero-order chi connectivity index (χ0) is 11.4. The predicted molar refractivity (Wildman–Crippen MR) is 61.4 cm³/mol. The summed E-state index contributed by atoms with van der Waals surface area (Å²) in [5, 5.41) is 0. The molecule has 3 heteroatoms. The standard InChI is InChI=1S/C12H18N2O/c1-8(2)12(15)11-4-3-9(6-13)5-10(11)7-14/h3-5,8H,6-7,13-14H2,1-2H3. The lowest BCUT2D eigenvalue weighted by atomic mass is 9.95. The van der Waals surface area contributed by atoms with Crippen LogP contribution in [-0.2, 0) is 13.1 Å². The Labute approximate surface area is 90.5 Å². The average molecular weight is 206 g/mol. The zero-order valence-electron chi connectivity index (χ0n) is 9.29. The van der Waals surface area contributed by atoms with Crippen LogP contribution >= 0.6 is 0 Å². The van der Waals surface area contributed by atoms with Gasteiger partial charge in [0, 0.05) is 24.6 Å². The summed E-state index contributed by atoms with van der Waals surface area (Å²) in [5.74, 6) is 0.137. The number of hydrogen-bond acceptors (Lipinski definition) is 3. The molecule has 0 heterocycles. The van der Waals surface area contributed by atoms with Crippen LogP contribution in [0.2, 0.25) is 0 Å². The summed E-state index contributed by atoms with van der Waals surface area (Å²) >= 11 is 0. The summed E-state index contributed by atoms with van der Waals surface area (Å²) in [6.07, 6.45) is 0. The number of ketones is 1. The fraction of sp³-hybridized carbons (Fsp3) is 0.417. The van der Waals surface area contributed by atoms with Gasteiger partial charge in [0.25, 0.3) is 0 Å². The first kappa shape index (κ1) is 11.9. The molecule has 0 saturated heterocycles. The molecule has 1 rings (SSSR count). The molecule has 3 nitrogen and oxygen atoms in total. The molecule has 0 unspecified atom stereocenters. The Morgan fingerprint density at radius 3 is 2.40 bits per heavy atom. The molecule has 0 aliphatic rings. The van der Waals surface area contributed by atoms with Gasteiger partial charge >= 0.3 is 0 Å². The van der Waals surface area contributed by atoms with Gasteiger partial charge in [-0.1, -0.05) is 32.0 Å². The summed E-state index contributed by atoms with van der Waals surface area (Å²) in [5.41, 5.74) is 13.8. The van der Waals surface area contributed by atoms with Gasteiger partial charge in [0.2, 0.25) is 0 Å². The first-order valence-electron chi connectivity index (χ1n) is 5.16. The number of Topliss-reactive ketones (excluding diaryl/α,β-unsaturated/α-hetero) is 1. The highest BCUT2D eigenvalue weighted by atomic mass is 16.1. The highest BCUT2D eigenvalue weighted by Crippen LogP contribution is 2.15. The summed E-state index contributed by atoms with van der Waals surface area (Å²) in [6, 6.07) is 5.62. The largest absolute Gasteiger partial charge is 0.326 e. The van der Waals surface area contributed by atoms with Crippen LogP contribution < -0.4 is 11.5 Å². The van der Waals surface area contributed by atoms with Crippen molar-refractivity contribution >= 4 is 5.78 Å². The first-order valence-corrected chi connectivity index (χ1v) is 5.16. The lowest BCUT2D eigenvalue weighted by molar-refractivity contribution is 0.0938. The second-order valence-electron chi connectivity index (χ2n) is 3.92. The number of carbonyl (C=O) groups is 1. The van der Waals surface area contributed by atoms with E-state index in [0.29, 0.717) is 13.1 Å². The van der Waals surface area contributed by atoms with Gasteiger partial charge in [-0.05, 0) is 11.1 Å². The lowest BCUT2D eigenvalue weighted by Crippen LogP contribution is -2.13. The molecule has 0 atom stereocenters. The average Bonchev–Trinajstić information content (AvgIpc) is 2.27. The Morgan fingerprint density at radius 1 is 1.27 bits per heavy atom. The normalized spacial score (nSPS) is 10.7. The Balaban J connectivity index is 3.13. The van der Waals surface area contributed by atoms with Gasteiger partial charge in [0.05, 0.1) is 0 Å². The van der Waals surface area contributed by atoms with Crippen molar-refractivity contribution in [1.82, 2.24) is 0 Å². The van der Waals surface area contributed by atoms with Crippen molar-refractivity contribution in [2.45, 2.75) is 26.9 Å². The van der Waals surface area contributed by atoms with Crippen molar-refractivity contribution < 1.29 is 4.79 Å². The third-order valence-electron chi connectivity index (χ3n) is 2.42. The topological polar surface area (TPSA) is 69.1 Å². The number of carbonyl (C=O) groups excluding carboxylic acids is 1. The van der Waals surface area contributed by atoms with Crippen molar-refractivity contribution in [2.24, 2.45) is 17.4 Å². The molecule has 0 spiro atoms. The smallest absolute Gasteiger partial charge is 0.165 e. The maximum Gasteiger partial charge on any atom is 0.165 e. The summed E-state index contributed by atoms with van der Waals surface area (Å²) in [6.45, 7) is 4.63. The molecule has 0 bridgehead atoms. The van der Waals surface area contributed by atoms with E-state index < -0.39 is 0 Å². The molecule has 4 N–H and O–H groups in total. The SMILES string of the molecule is CC(C)C(=O)c1ccc(CN)cc1CN. The van der Waals surface area contributed by atoms with Crippen molar-refractivity contribution in [1.29, 1.82) is 0 Å². The van der Waals surface area contributed by atoms with Gasteiger partial charge in [-0.3, -0.25) is 4.79 Å². The molecule has 15 heavy (non-hydrogen) atoms. The van der Waals surface area contributed by atoms with Gasteiger partial charge in [0.15, 0.2) is 5.78 Å². The van der Waals surface area contributed by atoms with E-state index in [1.54, 1.807) is 0 Å². The van der Waals surface area contributed by atoms with E-state index in [0.717, 1.165) is 16.7 Å². The van der Waals surface area contributed by atoms with E-state index in [1.165, 1.54) is 0 Å². The zero-order valence-corrected chi connectivity index (χ0v) is 9.29. The summed E-state index contributed by atoms with van der Waals surface area (Å²) in [4.78, 5) is 11.8. The van der Waals surface area contributed by atoms with Gasteiger partial charge in [-0.15, -0.1) is 0 Å². The fourth-order valence-corrected chi connectivity index (χ4v) is 1.49. The van der Waals surface area contributed by atoms with E-state index in [1.807, 2.05) is 32.0 Å². The molecule has 82 valence electrons. The quantitative estimate of drug-likeness (QED) is 0.732. The molecule has 0 saturated carbocycles. The number of hydrogen-bond donors (Lipinski definition) is 2. The molecular formula is C12H18N2O. The third kappa shape index (κ3) is 2.64. The van der Waals surface area contributed by atoms with Crippen LogP contribution in [0, 0.1) is 5.92 Å². The van der Waals surface area contributed by atoms with Crippen molar-refractivity contribution in [2.75, 3.05) is 0 Å². The minimum Gasteiger partial charge on any atom is -0.326 e. The van der Waals surface area contributed by atoms with E-state index in [9.17, 15) is 4.79 Å². The van der Waals surface area contributed by atoms with Crippen LogP contribution in [0.15, 0.2) is 18.2 Å². The Hall–Kier alpha value is -1.19. The van der Waals surface area contributed by atoms with Crippen LogP contribution in [0.5, 0.6) is 0 Å². The third-order valence-corrected chi connectivity index (χ3v) is 2.42. The number of rotatable bonds is 4. The lowest BCUT2D eigenvalue weighted by Gasteiger charge is -2.10. The van der Waals surface area contributed by atoms with Crippen LogP contribution in [0.3, 0.4) is 0 Å².